The lowest BCUT2D eigenvalue weighted by Gasteiger charge is -2.16. The van der Waals surface area contributed by atoms with Gasteiger partial charge in [-0.25, -0.2) is 0 Å². The fourth-order valence-corrected chi connectivity index (χ4v) is 2.62. The Bertz CT molecular complexity index is 316. The van der Waals surface area contributed by atoms with Crippen molar-refractivity contribution in [3.05, 3.63) is 33.4 Å². The van der Waals surface area contributed by atoms with Crippen LogP contribution in [0.3, 0.4) is 0 Å². The van der Waals surface area contributed by atoms with E-state index in [-0.39, 0.29) is 6.61 Å². The summed E-state index contributed by atoms with van der Waals surface area (Å²) < 4.78 is 1.27. The minimum absolute atomic E-state index is 0.281. The van der Waals surface area contributed by atoms with E-state index in [0.29, 0.717) is 11.8 Å². The first-order valence-corrected chi connectivity index (χ1v) is 5.96. The Kier molecular flexibility index (Phi) is 3.41. The summed E-state index contributed by atoms with van der Waals surface area (Å²) in [6, 6.07) is 8.55. The predicted octanol–water partition coefficient (Wildman–Crippen LogP) is 1.59. The first kappa shape index (κ1) is 10.4. The molecule has 1 aromatic carbocycles. The molecule has 0 saturated carbocycles. The van der Waals surface area contributed by atoms with Crippen molar-refractivity contribution >= 4 is 22.6 Å². The summed E-state index contributed by atoms with van der Waals surface area (Å²) in [6.07, 6.45) is 0. The summed E-state index contributed by atoms with van der Waals surface area (Å²) in [5, 5.41) is 12.6. The Morgan fingerprint density at radius 3 is 3.00 bits per heavy atom. The molecule has 2 rings (SSSR count). The van der Waals surface area contributed by atoms with E-state index in [1.165, 1.54) is 9.13 Å². The summed E-state index contributed by atoms with van der Waals surface area (Å²) in [6.45, 7) is 2.21. The van der Waals surface area contributed by atoms with Gasteiger partial charge in [0.25, 0.3) is 0 Å². The van der Waals surface area contributed by atoms with Gasteiger partial charge in [0, 0.05) is 35.1 Å². The third kappa shape index (κ3) is 2.10. The molecule has 76 valence electrons. The van der Waals surface area contributed by atoms with Crippen molar-refractivity contribution in [1.29, 1.82) is 0 Å². The monoisotopic (exact) mass is 303 g/mol. The summed E-state index contributed by atoms with van der Waals surface area (Å²) in [5.74, 6) is 0.864. The zero-order valence-electron chi connectivity index (χ0n) is 7.91. The minimum Gasteiger partial charge on any atom is -0.396 e. The predicted molar refractivity (Wildman–Crippen MR) is 65.3 cm³/mol. The second-order valence-corrected chi connectivity index (χ2v) is 5.01. The molecule has 14 heavy (non-hydrogen) atoms. The van der Waals surface area contributed by atoms with Crippen LogP contribution in [0.1, 0.15) is 11.5 Å². The van der Waals surface area contributed by atoms with Crippen molar-refractivity contribution < 1.29 is 5.11 Å². The number of hydrogen-bond acceptors (Lipinski definition) is 2. The largest absolute Gasteiger partial charge is 0.396 e. The molecule has 2 nitrogen and oxygen atoms in total. The van der Waals surface area contributed by atoms with Crippen LogP contribution in [-0.4, -0.2) is 24.8 Å². The quantitative estimate of drug-likeness (QED) is 0.813. The average molecular weight is 303 g/mol. The maximum atomic E-state index is 9.23. The van der Waals surface area contributed by atoms with Crippen LogP contribution >= 0.6 is 22.6 Å². The third-order valence-electron chi connectivity index (χ3n) is 2.85. The molecule has 1 saturated heterocycles. The van der Waals surface area contributed by atoms with Crippen LogP contribution in [0, 0.1) is 9.49 Å². The smallest absolute Gasteiger partial charge is 0.0477 e. The topological polar surface area (TPSA) is 32.3 Å². The lowest BCUT2D eigenvalue weighted by molar-refractivity contribution is 0.226. The van der Waals surface area contributed by atoms with Gasteiger partial charge in [-0.2, -0.15) is 0 Å². The van der Waals surface area contributed by atoms with Gasteiger partial charge in [-0.3, -0.25) is 0 Å². The van der Waals surface area contributed by atoms with Crippen LogP contribution in [0.25, 0.3) is 0 Å². The lowest BCUT2D eigenvalue weighted by atomic mass is 9.90. The molecule has 1 aromatic rings. The molecule has 1 aliphatic heterocycles. The first-order chi connectivity index (χ1) is 6.81. The maximum Gasteiger partial charge on any atom is 0.0477 e. The zero-order valence-corrected chi connectivity index (χ0v) is 10.1. The van der Waals surface area contributed by atoms with Crippen LogP contribution in [0.4, 0.5) is 0 Å². The van der Waals surface area contributed by atoms with Gasteiger partial charge in [0.1, 0.15) is 0 Å². The molecular formula is C11H14INO. The van der Waals surface area contributed by atoms with Gasteiger partial charge in [-0.05, 0) is 40.3 Å². The standard InChI is InChI=1S/C11H14INO/c12-10-3-1-2-8(4-10)11-6-13-5-9(11)7-14/h1-4,9,11,13-14H,5-7H2. The van der Waals surface area contributed by atoms with E-state index >= 15 is 0 Å². The van der Waals surface area contributed by atoms with Gasteiger partial charge in [0.15, 0.2) is 0 Å². The molecule has 1 heterocycles. The number of benzene rings is 1. The van der Waals surface area contributed by atoms with Crippen molar-refractivity contribution in [2.45, 2.75) is 5.92 Å². The van der Waals surface area contributed by atoms with E-state index in [9.17, 15) is 5.11 Å². The number of halogens is 1. The summed E-state index contributed by atoms with van der Waals surface area (Å²) in [7, 11) is 0. The Labute approximate surface area is 97.9 Å². The summed E-state index contributed by atoms with van der Waals surface area (Å²) >= 11 is 2.33. The first-order valence-electron chi connectivity index (χ1n) is 4.88. The van der Waals surface area contributed by atoms with Crippen molar-refractivity contribution in [2.75, 3.05) is 19.7 Å². The second-order valence-electron chi connectivity index (χ2n) is 3.76. The van der Waals surface area contributed by atoms with E-state index in [1.54, 1.807) is 0 Å². The third-order valence-corrected chi connectivity index (χ3v) is 3.52. The maximum absolute atomic E-state index is 9.23. The SMILES string of the molecule is OCC1CNCC1c1cccc(I)c1. The molecule has 1 fully saturated rings. The van der Waals surface area contributed by atoms with Crippen molar-refractivity contribution in [3.8, 4) is 0 Å². The van der Waals surface area contributed by atoms with Crippen molar-refractivity contribution in [2.24, 2.45) is 5.92 Å². The lowest BCUT2D eigenvalue weighted by Crippen LogP contribution is -2.14. The molecule has 0 aromatic heterocycles. The molecule has 0 spiro atoms. The Balaban J connectivity index is 2.21. The Morgan fingerprint density at radius 1 is 1.43 bits per heavy atom. The van der Waals surface area contributed by atoms with E-state index in [1.807, 2.05) is 0 Å². The molecule has 1 aliphatic rings. The molecule has 0 bridgehead atoms. The van der Waals surface area contributed by atoms with Crippen LogP contribution in [0.2, 0.25) is 0 Å². The van der Waals surface area contributed by atoms with Gasteiger partial charge in [-0.1, -0.05) is 12.1 Å². The minimum atomic E-state index is 0.281. The number of aliphatic hydroxyl groups is 1. The normalized spacial score (nSPS) is 26.7. The van der Waals surface area contributed by atoms with Crippen LogP contribution in [0.5, 0.6) is 0 Å². The fourth-order valence-electron chi connectivity index (χ4n) is 2.05. The van der Waals surface area contributed by atoms with E-state index in [4.69, 9.17) is 0 Å². The van der Waals surface area contributed by atoms with Gasteiger partial charge in [0.05, 0.1) is 0 Å². The number of aliphatic hydroxyl groups excluding tert-OH is 1. The van der Waals surface area contributed by atoms with Crippen LogP contribution in [-0.2, 0) is 0 Å². The molecule has 0 aliphatic carbocycles. The summed E-state index contributed by atoms with van der Waals surface area (Å²) in [5.41, 5.74) is 1.35. The van der Waals surface area contributed by atoms with Crippen LogP contribution in [0.15, 0.2) is 24.3 Å². The summed E-state index contributed by atoms with van der Waals surface area (Å²) in [4.78, 5) is 0. The van der Waals surface area contributed by atoms with Gasteiger partial charge >= 0.3 is 0 Å². The molecule has 2 unspecified atom stereocenters. The van der Waals surface area contributed by atoms with E-state index in [0.717, 1.165) is 13.1 Å². The highest BCUT2D eigenvalue weighted by Crippen LogP contribution is 2.28. The van der Waals surface area contributed by atoms with E-state index < -0.39 is 0 Å². The molecule has 2 atom stereocenters. The number of nitrogens with one attached hydrogen (secondary N) is 1. The molecule has 0 amide bonds. The average Bonchev–Trinajstić information content (AvgIpc) is 2.65. The second kappa shape index (κ2) is 4.59. The fraction of sp³-hybridized carbons (Fsp3) is 0.455. The highest BCUT2D eigenvalue weighted by atomic mass is 127. The van der Waals surface area contributed by atoms with Crippen LogP contribution < -0.4 is 5.32 Å². The molecule has 3 heteroatoms. The van der Waals surface area contributed by atoms with Gasteiger partial charge in [0.2, 0.25) is 0 Å². The molecule has 0 radical (unpaired) electrons. The molecular weight excluding hydrogens is 289 g/mol. The zero-order chi connectivity index (χ0) is 9.97. The number of hydrogen-bond donors (Lipinski definition) is 2. The Hall–Kier alpha value is -0.130. The highest BCUT2D eigenvalue weighted by Gasteiger charge is 2.27. The van der Waals surface area contributed by atoms with Gasteiger partial charge < -0.3 is 10.4 Å². The van der Waals surface area contributed by atoms with Crippen molar-refractivity contribution in [1.82, 2.24) is 5.32 Å². The number of rotatable bonds is 2. The van der Waals surface area contributed by atoms with Gasteiger partial charge in [-0.15, -0.1) is 0 Å². The van der Waals surface area contributed by atoms with E-state index in [2.05, 4.69) is 52.2 Å². The highest BCUT2D eigenvalue weighted by molar-refractivity contribution is 14.1. The molecule has 2 N–H and O–H groups in total. The Morgan fingerprint density at radius 2 is 2.29 bits per heavy atom. The van der Waals surface area contributed by atoms with Crippen molar-refractivity contribution in [3.63, 3.8) is 0 Å².